The lowest BCUT2D eigenvalue weighted by atomic mass is 9.73. The zero-order valence-corrected chi connectivity index (χ0v) is 20.9. The fourth-order valence-corrected chi connectivity index (χ4v) is 14.4. The molecule has 6 heteroatoms. The minimum Gasteiger partial charge on any atom is -0.223 e. The van der Waals surface area contributed by atoms with E-state index in [0.29, 0.717) is 6.42 Å². The fourth-order valence-electron chi connectivity index (χ4n) is 9.12. The molecule has 0 heterocycles. The van der Waals surface area contributed by atoms with Crippen molar-refractivity contribution in [2.75, 3.05) is 0 Å². The zero-order chi connectivity index (χ0) is 23.7. The maximum Gasteiger partial charge on any atom is 0.182 e. The lowest BCUT2D eigenvalue weighted by Gasteiger charge is -2.40. The van der Waals surface area contributed by atoms with Gasteiger partial charge in [-0.3, -0.25) is 0 Å². The van der Waals surface area contributed by atoms with Gasteiger partial charge in [-0.1, -0.05) is 59.7 Å². The maximum absolute atomic E-state index is 14.2. The van der Waals surface area contributed by atoms with E-state index in [-0.39, 0.29) is 44.3 Å². The van der Waals surface area contributed by atoms with Crippen LogP contribution in [-0.2, 0) is 19.7 Å². The Hall–Kier alpha value is -2.18. The predicted molar refractivity (Wildman–Crippen MR) is 130 cm³/mol. The molecule has 0 amide bonds. The Kier molecular flexibility index (Phi) is 3.93. The fraction of sp³-hybridized carbons (Fsp3) is 0.429. The van der Waals surface area contributed by atoms with Crippen LogP contribution in [0.3, 0.4) is 0 Å². The quantitative estimate of drug-likeness (QED) is 0.572. The van der Waals surface area contributed by atoms with Crippen LogP contribution in [0.5, 0.6) is 0 Å². The average molecular weight is 493 g/mol. The summed E-state index contributed by atoms with van der Waals surface area (Å²) in [6, 6.07) is 17.0. The van der Waals surface area contributed by atoms with Crippen LogP contribution in [0.15, 0.2) is 93.8 Å². The molecule has 5 aliphatic rings. The second kappa shape index (κ2) is 6.33. The van der Waals surface area contributed by atoms with Crippen molar-refractivity contribution in [3.8, 4) is 0 Å². The second-order valence-corrected chi connectivity index (χ2v) is 15.4. The smallest absolute Gasteiger partial charge is 0.182 e. The van der Waals surface area contributed by atoms with Gasteiger partial charge in [0.1, 0.15) is 0 Å². The minimum atomic E-state index is -3.84. The molecule has 2 aromatic carbocycles. The van der Waals surface area contributed by atoms with E-state index >= 15 is 0 Å². The van der Waals surface area contributed by atoms with Gasteiger partial charge in [0, 0.05) is 11.8 Å². The lowest BCUT2D eigenvalue weighted by Crippen LogP contribution is -2.50. The Morgan fingerprint density at radius 1 is 0.706 bits per heavy atom. The van der Waals surface area contributed by atoms with Crippen molar-refractivity contribution in [3.63, 3.8) is 0 Å². The van der Waals surface area contributed by atoms with Gasteiger partial charge in [-0.15, -0.1) is 0 Å². The number of hydrogen-bond donors (Lipinski definition) is 0. The molecule has 7 rings (SSSR count). The molecule has 34 heavy (non-hydrogen) atoms. The molecule has 0 saturated heterocycles. The van der Waals surface area contributed by atoms with Crippen LogP contribution in [0.25, 0.3) is 0 Å². The molecule has 0 spiro atoms. The van der Waals surface area contributed by atoms with Crippen molar-refractivity contribution >= 4 is 19.7 Å². The van der Waals surface area contributed by atoms with Crippen molar-refractivity contribution in [2.45, 2.75) is 47.0 Å². The molecule has 0 aromatic heterocycles. The first-order chi connectivity index (χ1) is 16.2. The van der Waals surface area contributed by atoms with E-state index in [0.717, 1.165) is 6.42 Å². The molecule has 0 N–H and O–H groups in total. The zero-order valence-electron chi connectivity index (χ0n) is 19.3. The van der Waals surface area contributed by atoms with Gasteiger partial charge in [0.25, 0.3) is 0 Å². The molecular weight excluding hydrogens is 464 g/mol. The van der Waals surface area contributed by atoms with Gasteiger partial charge in [-0.05, 0) is 73.6 Å². The Labute approximate surface area is 201 Å². The molecule has 0 unspecified atom stereocenters. The van der Waals surface area contributed by atoms with Crippen LogP contribution in [-0.4, -0.2) is 27.3 Å². The van der Waals surface area contributed by atoms with E-state index in [1.807, 2.05) is 0 Å². The summed E-state index contributed by atoms with van der Waals surface area (Å²) < 4.78 is 56.7. The van der Waals surface area contributed by atoms with E-state index < -0.39 is 30.2 Å². The monoisotopic (exact) mass is 492 g/mol. The summed E-state index contributed by atoms with van der Waals surface area (Å²) in [5.74, 6) is 0.235. The van der Waals surface area contributed by atoms with Crippen LogP contribution in [0.4, 0.5) is 0 Å². The van der Waals surface area contributed by atoms with Crippen molar-refractivity contribution in [2.24, 2.45) is 34.5 Å². The normalized spacial score (nSPS) is 40.9. The first-order valence-corrected chi connectivity index (χ1v) is 15.2. The minimum absolute atomic E-state index is 0.0983. The molecule has 4 nitrogen and oxygen atoms in total. The highest BCUT2D eigenvalue weighted by molar-refractivity contribution is 7.96. The van der Waals surface area contributed by atoms with E-state index in [1.165, 1.54) is 11.1 Å². The molecule has 4 bridgehead atoms. The van der Waals surface area contributed by atoms with Crippen molar-refractivity contribution < 1.29 is 16.8 Å². The van der Waals surface area contributed by atoms with Crippen LogP contribution in [0.2, 0.25) is 0 Å². The summed E-state index contributed by atoms with van der Waals surface area (Å²) in [6.07, 6.45) is 6.24. The number of fused-ring (bicyclic) bond motifs is 4. The van der Waals surface area contributed by atoms with Gasteiger partial charge >= 0.3 is 0 Å². The van der Waals surface area contributed by atoms with E-state index in [1.54, 1.807) is 60.7 Å². The highest BCUT2D eigenvalue weighted by Crippen LogP contribution is 2.95. The Balaban J connectivity index is 1.46. The highest BCUT2D eigenvalue weighted by atomic mass is 32.2. The summed E-state index contributed by atoms with van der Waals surface area (Å²) in [4.78, 5) is 0.481. The summed E-state index contributed by atoms with van der Waals surface area (Å²) in [5.41, 5.74) is 2.53. The maximum atomic E-state index is 14.2. The highest BCUT2D eigenvalue weighted by Gasteiger charge is 2.92. The Morgan fingerprint density at radius 2 is 1.12 bits per heavy atom. The third kappa shape index (κ3) is 2.13. The van der Waals surface area contributed by atoms with Crippen molar-refractivity contribution in [1.82, 2.24) is 0 Å². The summed E-state index contributed by atoms with van der Waals surface area (Å²) in [7, 11) is -7.67. The molecule has 8 atom stereocenters. The van der Waals surface area contributed by atoms with Gasteiger partial charge in [0.15, 0.2) is 19.7 Å². The molecule has 0 aliphatic heterocycles. The van der Waals surface area contributed by atoms with Crippen LogP contribution in [0.1, 0.15) is 26.7 Å². The average Bonchev–Trinajstić information content (AvgIpc) is 3.15. The van der Waals surface area contributed by atoms with Crippen molar-refractivity contribution in [1.29, 1.82) is 0 Å². The number of sulfone groups is 2. The predicted octanol–water partition coefficient (Wildman–Crippen LogP) is 4.85. The lowest BCUT2D eigenvalue weighted by molar-refractivity contribution is 0.209. The van der Waals surface area contributed by atoms with E-state index in [9.17, 15) is 16.8 Å². The number of allylic oxidation sites excluding steroid dienone is 4. The third-order valence-electron chi connectivity index (χ3n) is 9.99. The van der Waals surface area contributed by atoms with Gasteiger partial charge in [-0.25, -0.2) is 16.8 Å². The third-order valence-corrected chi connectivity index (χ3v) is 14.7. The summed E-state index contributed by atoms with van der Waals surface area (Å²) in [5, 5.41) is -1.82. The molecule has 5 aliphatic carbocycles. The molecule has 176 valence electrons. The van der Waals surface area contributed by atoms with Gasteiger partial charge in [0.05, 0.1) is 20.3 Å². The van der Waals surface area contributed by atoms with Crippen LogP contribution < -0.4 is 0 Å². The summed E-state index contributed by atoms with van der Waals surface area (Å²) in [6.45, 7) is 4.29. The Bertz CT molecular complexity index is 1380. The molecular formula is C28H28O4S2. The second-order valence-electron chi connectivity index (χ2n) is 11.1. The number of rotatable bonds is 4. The van der Waals surface area contributed by atoms with Crippen LogP contribution in [0, 0.1) is 34.5 Å². The topological polar surface area (TPSA) is 68.3 Å². The molecule has 4 saturated carbocycles. The molecule has 0 radical (unpaired) electrons. The SMILES string of the molecule is CC(C)=C1[C@H]2C=C[C@@H]1[C@@]13C[C@@]21[C@@H]1C[C@H]3[C@@H](S(=O)(=O)c2ccccc2)[C@H]1S(=O)(=O)c1ccccc1. The van der Waals surface area contributed by atoms with Crippen LogP contribution >= 0.6 is 0 Å². The molecule has 4 fully saturated rings. The Morgan fingerprint density at radius 3 is 1.50 bits per heavy atom. The van der Waals surface area contributed by atoms with E-state index in [2.05, 4.69) is 26.0 Å². The number of benzene rings is 2. The molecule has 2 aromatic rings. The van der Waals surface area contributed by atoms with Crippen molar-refractivity contribution in [3.05, 3.63) is 84.0 Å². The summed E-state index contributed by atoms with van der Waals surface area (Å²) >= 11 is 0. The largest absolute Gasteiger partial charge is 0.223 e. The van der Waals surface area contributed by atoms with Gasteiger partial charge < -0.3 is 0 Å². The first kappa shape index (κ1) is 21.1. The number of hydrogen-bond acceptors (Lipinski definition) is 4. The van der Waals surface area contributed by atoms with Gasteiger partial charge in [0.2, 0.25) is 0 Å². The first-order valence-electron chi connectivity index (χ1n) is 12.1. The van der Waals surface area contributed by atoms with E-state index in [4.69, 9.17) is 0 Å². The standard InChI is InChI=1S/C28H28O4S2/c1-17(2)24-20-13-14-21(24)28-16-27(20,28)22-15-23(28)26(34(31,32)19-11-7-4-8-12-19)25(22)33(29,30)18-9-5-3-6-10-18/h3-14,20-23,25-26H,15-16H2,1-2H3/t20-,21+,22-,23+,25+,26-,27+,28-. The van der Waals surface area contributed by atoms with Gasteiger partial charge in [-0.2, -0.15) is 0 Å².